The third-order valence-electron chi connectivity index (χ3n) is 0.942. The van der Waals surface area contributed by atoms with E-state index < -0.39 is 6.04 Å². The fourth-order valence-corrected chi connectivity index (χ4v) is 0.394. The highest BCUT2D eigenvalue weighted by atomic mass is 16.2. The minimum absolute atomic E-state index is 0.134. The summed E-state index contributed by atoms with van der Waals surface area (Å²) in [5.74, 6) is -0.134. The van der Waals surface area contributed by atoms with Gasteiger partial charge in [0.25, 0.3) is 0 Å². The van der Waals surface area contributed by atoms with Gasteiger partial charge >= 0.3 is 0 Å². The molecule has 1 aliphatic heterocycles. The molecule has 3 heteroatoms. The highest BCUT2D eigenvalue weighted by molar-refractivity contribution is 5.93. The molecule has 1 amide bonds. The van der Waals surface area contributed by atoms with Crippen LogP contribution in [0.1, 0.15) is 0 Å². The third-order valence-corrected chi connectivity index (χ3v) is 0.942. The molecule has 7 heavy (non-hydrogen) atoms. The van der Waals surface area contributed by atoms with Crippen molar-refractivity contribution in [3.63, 3.8) is 0 Å². The van der Waals surface area contributed by atoms with Crippen molar-refractivity contribution in [1.82, 2.24) is 5.32 Å². The highest BCUT2D eigenvalue weighted by Gasteiger charge is 2.27. The number of hydrogen-bond donors (Lipinski definition) is 2. The number of nitrogens with two attached hydrogens (primary N) is 1. The normalized spacial score (nSPS) is 29.0. The van der Waals surface area contributed by atoms with Crippen molar-refractivity contribution in [2.45, 2.75) is 6.04 Å². The molecule has 0 saturated carbocycles. The number of carbonyl (C=O) groups is 1. The molecule has 1 saturated heterocycles. The molecule has 0 spiro atoms. The van der Waals surface area contributed by atoms with Gasteiger partial charge in [-0.3, -0.25) is 4.79 Å². The second-order valence-corrected chi connectivity index (χ2v) is 1.49. The number of carbonyl (C=O) groups excluding carboxylic acids is 1. The zero-order valence-corrected chi connectivity index (χ0v) is 3.77. The first kappa shape index (κ1) is 4.33. The van der Waals surface area contributed by atoms with Crippen molar-refractivity contribution in [3.8, 4) is 0 Å². The highest BCUT2D eigenvalue weighted by Crippen LogP contribution is 2.02. The van der Waals surface area contributed by atoms with Gasteiger partial charge in [-0.15, -0.1) is 0 Å². The molecule has 38 valence electrons. The van der Waals surface area contributed by atoms with Crippen molar-refractivity contribution < 1.29 is 4.79 Å². The van der Waals surface area contributed by atoms with Crippen LogP contribution >= 0.6 is 0 Å². The number of amides is 1. The largest absolute Gasteiger partial charge is 0.327 e. The maximum atomic E-state index is 10.1. The molecule has 1 aliphatic rings. The zero-order valence-electron chi connectivity index (χ0n) is 3.77. The topological polar surface area (TPSA) is 55.1 Å². The summed E-state index contributed by atoms with van der Waals surface area (Å²) in [5, 5.41) is 2.40. The molecular formula is C4H6N2O. The lowest BCUT2D eigenvalue weighted by Crippen LogP contribution is -2.55. The fraction of sp³-hybridized carbons (Fsp3) is 0.250. The van der Waals surface area contributed by atoms with Crippen molar-refractivity contribution in [3.05, 3.63) is 12.3 Å². The van der Waals surface area contributed by atoms with E-state index in [-0.39, 0.29) is 5.91 Å². The Morgan fingerprint density at radius 2 is 2.43 bits per heavy atom. The second kappa shape index (κ2) is 1.07. The van der Waals surface area contributed by atoms with Crippen LogP contribution in [-0.4, -0.2) is 11.9 Å². The molecule has 0 radical (unpaired) electrons. The van der Waals surface area contributed by atoms with Gasteiger partial charge in [0, 0.05) is 5.70 Å². The minimum atomic E-state index is -0.444. The average Bonchev–Trinajstić information content (AvgIpc) is 1.68. The first-order valence-corrected chi connectivity index (χ1v) is 1.97. The number of β-lactam (4-membered cyclic amide) rings is 1. The Bertz CT molecular complexity index is 116. The van der Waals surface area contributed by atoms with Crippen LogP contribution in [-0.2, 0) is 4.79 Å². The fourth-order valence-electron chi connectivity index (χ4n) is 0.394. The molecule has 0 bridgehead atoms. The molecule has 1 rings (SSSR count). The van der Waals surface area contributed by atoms with Gasteiger partial charge in [0.1, 0.15) is 6.04 Å². The van der Waals surface area contributed by atoms with Crippen molar-refractivity contribution in [1.29, 1.82) is 0 Å². The monoisotopic (exact) mass is 98.0 g/mol. The van der Waals surface area contributed by atoms with Crippen LogP contribution < -0.4 is 11.1 Å². The van der Waals surface area contributed by atoms with Gasteiger partial charge < -0.3 is 11.1 Å². The number of hydrogen-bond acceptors (Lipinski definition) is 2. The van der Waals surface area contributed by atoms with Crippen molar-refractivity contribution in [2.24, 2.45) is 5.73 Å². The molecule has 0 aromatic rings. The van der Waals surface area contributed by atoms with Crippen LogP contribution in [0.5, 0.6) is 0 Å². The molecule has 3 nitrogen and oxygen atoms in total. The Kier molecular flexibility index (Phi) is 0.662. The van der Waals surface area contributed by atoms with E-state index in [1.165, 1.54) is 0 Å². The van der Waals surface area contributed by atoms with Gasteiger partial charge in [-0.25, -0.2) is 0 Å². The van der Waals surface area contributed by atoms with Crippen molar-refractivity contribution >= 4 is 5.91 Å². The van der Waals surface area contributed by atoms with Crippen LogP contribution in [0, 0.1) is 0 Å². The number of nitrogens with one attached hydrogen (secondary N) is 1. The molecule has 0 aromatic carbocycles. The van der Waals surface area contributed by atoms with E-state index >= 15 is 0 Å². The second-order valence-electron chi connectivity index (χ2n) is 1.49. The SMILES string of the molecule is C=C1NC(=O)C1N. The Morgan fingerprint density at radius 1 is 1.86 bits per heavy atom. The van der Waals surface area contributed by atoms with E-state index in [0.29, 0.717) is 5.70 Å². The third kappa shape index (κ3) is 0.416. The maximum Gasteiger partial charge on any atom is 0.247 e. The average molecular weight is 98.1 g/mol. The predicted octanol–water partition coefficient (Wildman–Crippen LogP) is -1.04. The van der Waals surface area contributed by atoms with Gasteiger partial charge in [0.05, 0.1) is 0 Å². The van der Waals surface area contributed by atoms with E-state index in [2.05, 4.69) is 11.9 Å². The van der Waals surface area contributed by atoms with E-state index in [9.17, 15) is 4.79 Å². The lowest BCUT2D eigenvalue weighted by atomic mass is 10.1. The van der Waals surface area contributed by atoms with Gasteiger partial charge in [-0.05, 0) is 0 Å². The molecule has 1 heterocycles. The summed E-state index contributed by atoms with van der Waals surface area (Å²) in [6.45, 7) is 3.43. The van der Waals surface area contributed by atoms with E-state index in [0.717, 1.165) is 0 Å². The summed E-state index contributed by atoms with van der Waals surface area (Å²) in [7, 11) is 0. The van der Waals surface area contributed by atoms with E-state index in [1.807, 2.05) is 0 Å². The Labute approximate surface area is 41.2 Å². The van der Waals surface area contributed by atoms with Crippen molar-refractivity contribution in [2.75, 3.05) is 0 Å². The van der Waals surface area contributed by atoms with E-state index in [4.69, 9.17) is 5.73 Å². The van der Waals surface area contributed by atoms with Gasteiger partial charge in [0.2, 0.25) is 5.91 Å². The molecule has 0 aromatic heterocycles. The summed E-state index contributed by atoms with van der Waals surface area (Å²) in [4.78, 5) is 10.1. The summed E-state index contributed by atoms with van der Waals surface area (Å²) < 4.78 is 0. The van der Waals surface area contributed by atoms with Gasteiger partial charge in [0.15, 0.2) is 0 Å². The molecule has 0 aliphatic carbocycles. The minimum Gasteiger partial charge on any atom is -0.327 e. The summed E-state index contributed by atoms with van der Waals surface area (Å²) in [6.07, 6.45) is 0. The summed E-state index contributed by atoms with van der Waals surface area (Å²) in [5.41, 5.74) is 5.77. The maximum absolute atomic E-state index is 10.1. The van der Waals surface area contributed by atoms with Crippen LogP contribution in [0.15, 0.2) is 12.3 Å². The summed E-state index contributed by atoms with van der Waals surface area (Å²) >= 11 is 0. The molecule has 1 fully saturated rings. The van der Waals surface area contributed by atoms with Crippen LogP contribution in [0.3, 0.4) is 0 Å². The van der Waals surface area contributed by atoms with E-state index in [1.54, 1.807) is 0 Å². The Balaban J connectivity index is 2.59. The molecule has 1 unspecified atom stereocenters. The lowest BCUT2D eigenvalue weighted by molar-refractivity contribution is -0.124. The Hall–Kier alpha value is -0.830. The first-order valence-electron chi connectivity index (χ1n) is 1.97. The first-order chi connectivity index (χ1) is 3.22. The van der Waals surface area contributed by atoms with Gasteiger partial charge in [-0.1, -0.05) is 6.58 Å². The van der Waals surface area contributed by atoms with Crippen LogP contribution in [0.25, 0.3) is 0 Å². The van der Waals surface area contributed by atoms with Crippen LogP contribution in [0.2, 0.25) is 0 Å². The smallest absolute Gasteiger partial charge is 0.247 e. The quantitative estimate of drug-likeness (QED) is 0.380. The molecule has 1 atom stereocenters. The lowest BCUT2D eigenvalue weighted by Gasteiger charge is -2.24. The van der Waals surface area contributed by atoms with Crippen LogP contribution in [0.4, 0.5) is 0 Å². The molecular weight excluding hydrogens is 92.1 g/mol. The Morgan fingerprint density at radius 3 is 2.43 bits per heavy atom. The standard InChI is InChI=1S/C4H6N2O/c1-2-3(5)4(7)6-2/h3H,1,5H2,(H,6,7). The number of rotatable bonds is 0. The van der Waals surface area contributed by atoms with Gasteiger partial charge in [-0.2, -0.15) is 0 Å². The zero-order chi connectivity index (χ0) is 5.44. The molecule has 3 N–H and O–H groups in total. The summed E-state index contributed by atoms with van der Waals surface area (Å²) in [6, 6.07) is -0.444. The predicted molar refractivity (Wildman–Crippen MR) is 25.3 cm³/mol.